The third-order valence-electron chi connectivity index (χ3n) is 5.33. The van der Waals surface area contributed by atoms with Gasteiger partial charge < -0.3 is 14.4 Å². The average Bonchev–Trinajstić information content (AvgIpc) is 2.75. The highest BCUT2D eigenvalue weighted by Gasteiger charge is 2.52. The summed E-state index contributed by atoms with van der Waals surface area (Å²) in [5.41, 5.74) is 2.99. The van der Waals surface area contributed by atoms with E-state index in [2.05, 4.69) is 0 Å². The maximum atomic E-state index is 10.8. The fourth-order valence-electron chi connectivity index (χ4n) is 3.01. The van der Waals surface area contributed by atoms with Crippen molar-refractivity contribution in [2.24, 2.45) is 0 Å². The van der Waals surface area contributed by atoms with Crippen molar-refractivity contribution in [2.45, 2.75) is 51.9 Å². The predicted molar refractivity (Wildman–Crippen MR) is 97.4 cm³/mol. The smallest absolute Gasteiger partial charge is 0.399 e. The first-order valence-electron chi connectivity index (χ1n) is 8.41. The van der Waals surface area contributed by atoms with E-state index in [1.165, 1.54) is 0 Å². The van der Waals surface area contributed by atoms with Gasteiger partial charge in [0.15, 0.2) is 0 Å². The van der Waals surface area contributed by atoms with Gasteiger partial charge in [-0.15, -0.1) is 0 Å². The lowest BCUT2D eigenvalue weighted by molar-refractivity contribution is 0.00578. The molecule has 3 nitrogen and oxygen atoms in total. The minimum absolute atomic E-state index is 0.377. The Labute approximate surface area is 144 Å². The zero-order valence-electron chi connectivity index (χ0n) is 15.0. The van der Waals surface area contributed by atoms with Crippen LogP contribution in [0.15, 0.2) is 48.5 Å². The molecule has 1 heterocycles. The zero-order valence-corrected chi connectivity index (χ0v) is 15.0. The molecule has 4 heteroatoms. The Bertz CT molecular complexity index is 709. The van der Waals surface area contributed by atoms with E-state index in [0.29, 0.717) is 0 Å². The Kier molecular flexibility index (Phi) is 4.33. The molecule has 0 aromatic heterocycles. The maximum absolute atomic E-state index is 10.8. The van der Waals surface area contributed by atoms with E-state index in [4.69, 9.17) is 9.31 Å². The first kappa shape index (κ1) is 17.2. The van der Waals surface area contributed by atoms with Crippen molar-refractivity contribution in [2.75, 3.05) is 0 Å². The largest absolute Gasteiger partial charge is 0.495 e. The monoisotopic (exact) mass is 324 g/mol. The summed E-state index contributed by atoms with van der Waals surface area (Å²) in [6.07, 6.45) is -0.659. The van der Waals surface area contributed by atoms with Crippen LogP contribution >= 0.6 is 0 Å². The standard InChI is InChI=1S/C20H25BO3/c1-14-16(18(22)15-10-7-6-8-11-15)12-9-13-17(14)21-23-19(2,3)20(4,5)24-21/h6-13,18,22H,1-5H3. The Hall–Kier alpha value is -1.62. The molecule has 1 aliphatic heterocycles. The molecule has 1 unspecified atom stereocenters. The van der Waals surface area contributed by atoms with Crippen molar-refractivity contribution in [3.8, 4) is 0 Å². The van der Waals surface area contributed by atoms with Crippen LogP contribution in [-0.2, 0) is 9.31 Å². The topological polar surface area (TPSA) is 38.7 Å². The van der Waals surface area contributed by atoms with Gasteiger partial charge in [0.05, 0.1) is 11.2 Å². The van der Waals surface area contributed by atoms with Gasteiger partial charge in [-0.25, -0.2) is 0 Å². The molecule has 0 saturated carbocycles. The molecule has 126 valence electrons. The van der Waals surface area contributed by atoms with E-state index < -0.39 is 13.2 Å². The van der Waals surface area contributed by atoms with Crippen LogP contribution in [0.1, 0.15) is 50.5 Å². The van der Waals surface area contributed by atoms with Crippen LogP contribution in [0, 0.1) is 6.92 Å². The van der Waals surface area contributed by atoms with Gasteiger partial charge in [-0.3, -0.25) is 0 Å². The number of hydrogen-bond acceptors (Lipinski definition) is 3. The van der Waals surface area contributed by atoms with Gasteiger partial charge >= 0.3 is 7.12 Å². The third-order valence-corrected chi connectivity index (χ3v) is 5.33. The number of aliphatic hydroxyl groups excluding tert-OH is 1. The van der Waals surface area contributed by atoms with Crippen LogP contribution in [0.5, 0.6) is 0 Å². The molecule has 0 radical (unpaired) electrons. The number of hydrogen-bond donors (Lipinski definition) is 1. The van der Waals surface area contributed by atoms with E-state index in [0.717, 1.165) is 22.2 Å². The van der Waals surface area contributed by atoms with E-state index in [-0.39, 0.29) is 11.2 Å². The van der Waals surface area contributed by atoms with Crippen LogP contribution in [0.25, 0.3) is 0 Å². The zero-order chi connectivity index (χ0) is 17.5. The van der Waals surface area contributed by atoms with Gasteiger partial charge in [0.2, 0.25) is 0 Å². The maximum Gasteiger partial charge on any atom is 0.495 e. The summed E-state index contributed by atoms with van der Waals surface area (Å²) in [6, 6.07) is 15.6. The highest BCUT2D eigenvalue weighted by atomic mass is 16.7. The second-order valence-electron chi connectivity index (χ2n) is 7.46. The summed E-state index contributed by atoms with van der Waals surface area (Å²) in [5.74, 6) is 0. The lowest BCUT2D eigenvalue weighted by Crippen LogP contribution is -2.41. The SMILES string of the molecule is Cc1c(B2OC(C)(C)C(C)(C)O2)cccc1C(O)c1ccccc1. The molecule has 1 aliphatic rings. The molecule has 1 atom stereocenters. The van der Waals surface area contributed by atoms with Crippen LogP contribution in [0.3, 0.4) is 0 Å². The molecule has 1 N–H and O–H groups in total. The first-order chi connectivity index (χ1) is 11.2. The molecule has 2 aromatic rings. The fourth-order valence-corrected chi connectivity index (χ4v) is 3.01. The average molecular weight is 324 g/mol. The molecular weight excluding hydrogens is 299 g/mol. The molecule has 3 rings (SSSR count). The fraction of sp³-hybridized carbons (Fsp3) is 0.400. The molecule has 24 heavy (non-hydrogen) atoms. The van der Waals surface area contributed by atoms with Gasteiger partial charge in [-0.2, -0.15) is 0 Å². The minimum Gasteiger partial charge on any atom is -0.399 e. The molecule has 1 saturated heterocycles. The van der Waals surface area contributed by atoms with Crippen molar-refractivity contribution in [1.29, 1.82) is 0 Å². The van der Waals surface area contributed by atoms with Crippen molar-refractivity contribution < 1.29 is 14.4 Å². The van der Waals surface area contributed by atoms with E-state index in [9.17, 15) is 5.11 Å². The molecule has 2 aromatic carbocycles. The number of aliphatic hydroxyl groups is 1. The molecule has 0 bridgehead atoms. The van der Waals surface area contributed by atoms with Gasteiger partial charge in [0, 0.05) is 0 Å². The Morgan fingerprint density at radius 1 is 0.875 bits per heavy atom. The first-order valence-corrected chi connectivity index (χ1v) is 8.41. The normalized spacial score (nSPS) is 20.2. The minimum atomic E-state index is -0.659. The quantitative estimate of drug-likeness (QED) is 0.880. The van der Waals surface area contributed by atoms with Crippen LogP contribution in [-0.4, -0.2) is 23.4 Å². The lowest BCUT2D eigenvalue weighted by atomic mass is 9.74. The second-order valence-corrected chi connectivity index (χ2v) is 7.46. The summed E-state index contributed by atoms with van der Waals surface area (Å²) in [7, 11) is -0.419. The third kappa shape index (κ3) is 2.90. The van der Waals surface area contributed by atoms with Crippen molar-refractivity contribution in [1.82, 2.24) is 0 Å². The van der Waals surface area contributed by atoms with Crippen molar-refractivity contribution in [3.05, 3.63) is 65.2 Å². The summed E-state index contributed by atoms with van der Waals surface area (Å²) in [5, 5.41) is 10.8. The van der Waals surface area contributed by atoms with Crippen LogP contribution < -0.4 is 5.46 Å². The molecular formula is C20H25BO3. The predicted octanol–water partition coefficient (Wildman–Crippen LogP) is 3.38. The second kappa shape index (κ2) is 6.03. The number of benzene rings is 2. The van der Waals surface area contributed by atoms with Crippen molar-refractivity contribution in [3.63, 3.8) is 0 Å². The van der Waals surface area contributed by atoms with E-state index >= 15 is 0 Å². The van der Waals surface area contributed by atoms with E-state index in [1.54, 1.807) is 0 Å². The van der Waals surface area contributed by atoms with Crippen LogP contribution in [0.4, 0.5) is 0 Å². The van der Waals surface area contributed by atoms with Gasteiger partial charge in [0.1, 0.15) is 6.10 Å². The lowest BCUT2D eigenvalue weighted by Gasteiger charge is -2.32. The summed E-state index contributed by atoms with van der Waals surface area (Å²) < 4.78 is 12.3. The Morgan fingerprint density at radius 2 is 1.46 bits per heavy atom. The Morgan fingerprint density at radius 3 is 2.04 bits per heavy atom. The molecule has 1 fully saturated rings. The molecule has 0 spiro atoms. The van der Waals surface area contributed by atoms with Crippen molar-refractivity contribution >= 4 is 12.6 Å². The summed E-state index contributed by atoms with van der Waals surface area (Å²) >= 11 is 0. The number of rotatable bonds is 3. The van der Waals surface area contributed by atoms with Gasteiger partial charge in [0.25, 0.3) is 0 Å². The molecule has 0 amide bonds. The van der Waals surface area contributed by atoms with Gasteiger partial charge in [-0.1, -0.05) is 48.5 Å². The molecule has 0 aliphatic carbocycles. The highest BCUT2D eigenvalue weighted by molar-refractivity contribution is 6.62. The highest BCUT2D eigenvalue weighted by Crippen LogP contribution is 2.37. The Balaban J connectivity index is 1.96. The van der Waals surface area contributed by atoms with Gasteiger partial charge in [-0.05, 0) is 56.8 Å². The van der Waals surface area contributed by atoms with Crippen LogP contribution in [0.2, 0.25) is 0 Å². The summed E-state index contributed by atoms with van der Waals surface area (Å²) in [4.78, 5) is 0. The summed E-state index contributed by atoms with van der Waals surface area (Å²) in [6.45, 7) is 10.2. The van der Waals surface area contributed by atoms with E-state index in [1.807, 2.05) is 83.1 Å².